The third-order valence-electron chi connectivity index (χ3n) is 4.51. The van der Waals surface area contributed by atoms with Crippen LogP contribution in [0.1, 0.15) is 43.6 Å². The van der Waals surface area contributed by atoms with Crippen molar-refractivity contribution in [2.45, 2.75) is 39.2 Å². The molecule has 2 N–H and O–H groups in total. The van der Waals surface area contributed by atoms with E-state index in [9.17, 15) is 24.5 Å². The first-order valence-corrected chi connectivity index (χ1v) is 10.1. The Labute approximate surface area is 190 Å². The number of nitrogens with one attached hydrogen (secondary N) is 2. The number of ether oxygens (including phenoxy) is 1. The molecule has 2 aromatic rings. The SMILES string of the molecule is CC(OC(=O)CNC(=O)c1ccc(C(C)(C)C)cc1)C(=O)Nc1ccc([N+](=O)[O-])cc1Cl. The van der Waals surface area contributed by atoms with Crippen LogP contribution in [0.15, 0.2) is 42.5 Å². The third-order valence-corrected chi connectivity index (χ3v) is 4.82. The first-order chi connectivity index (χ1) is 14.9. The highest BCUT2D eigenvalue weighted by Gasteiger charge is 2.20. The molecule has 2 amide bonds. The van der Waals surface area contributed by atoms with Gasteiger partial charge in [0, 0.05) is 17.7 Å². The van der Waals surface area contributed by atoms with Gasteiger partial charge >= 0.3 is 5.97 Å². The fraction of sp³-hybridized carbons (Fsp3) is 0.318. The summed E-state index contributed by atoms with van der Waals surface area (Å²) in [5.41, 5.74) is 1.33. The number of nitro benzene ring substituents is 1. The standard InChI is InChI=1S/C22H24ClN3O6/c1-13(20(28)25-18-10-9-16(26(30)31)11-17(18)23)32-19(27)12-24-21(29)14-5-7-15(8-6-14)22(2,3)4/h5-11,13H,12H2,1-4H3,(H,24,29)(H,25,28). The molecule has 2 rings (SSSR count). The van der Waals surface area contributed by atoms with Gasteiger partial charge in [0.2, 0.25) is 0 Å². The molecule has 0 saturated heterocycles. The third kappa shape index (κ3) is 6.78. The molecule has 0 aromatic heterocycles. The van der Waals surface area contributed by atoms with Crippen LogP contribution in [0.5, 0.6) is 0 Å². The van der Waals surface area contributed by atoms with E-state index in [2.05, 4.69) is 31.4 Å². The van der Waals surface area contributed by atoms with Crippen LogP contribution < -0.4 is 10.6 Å². The van der Waals surface area contributed by atoms with Gasteiger partial charge in [-0.25, -0.2) is 0 Å². The largest absolute Gasteiger partial charge is 0.451 e. The Morgan fingerprint density at radius 2 is 1.75 bits per heavy atom. The summed E-state index contributed by atoms with van der Waals surface area (Å²) in [5, 5.41) is 15.6. The summed E-state index contributed by atoms with van der Waals surface area (Å²) < 4.78 is 5.02. The number of esters is 1. The first-order valence-electron chi connectivity index (χ1n) is 9.71. The summed E-state index contributed by atoms with van der Waals surface area (Å²) in [7, 11) is 0. The maximum atomic E-state index is 12.2. The Morgan fingerprint density at radius 1 is 1.12 bits per heavy atom. The number of amides is 2. The van der Waals surface area contributed by atoms with Crippen LogP contribution in [0.25, 0.3) is 0 Å². The van der Waals surface area contributed by atoms with E-state index in [1.807, 2.05) is 12.1 Å². The van der Waals surface area contributed by atoms with Crippen molar-refractivity contribution in [2.24, 2.45) is 0 Å². The number of benzene rings is 2. The molecule has 0 spiro atoms. The number of hydrogen-bond donors (Lipinski definition) is 2. The van der Waals surface area contributed by atoms with Crippen LogP contribution in [0.4, 0.5) is 11.4 Å². The smallest absolute Gasteiger partial charge is 0.326 e. The van der Waals surface area contributed by atoms with E-state index in [0.717, 1.165) is 11.6 Å². The molecule has 32 heavy (non-hydrogen) atoms. The number of anilines is 1. The Kier molecular flexibility index (Phi) is 7.93. The number of halogens is 1. The van der Waals surface area contributed by atoms with Crippen molar-refractivity contribution in [1.82, 2.24) is 5.32 Å². The second-order valence-electron chi connectivity index (χ2n) is 8.05. The molecule has 10 heteroatoms. The average Bonchev–Trinajstić information content (AvgIpc) is 2.72. The zero-order chi connectivity index (χ0) is 24.1. The van der Waals surface area contributed by atoms with Gasteiger partial charge in [0.05, 0.1) is 15.6 Å². The maximum Gasteiger partial charge on any atom is 0.326 e. The summed E-state index contributed by atoms with van der Waals surface area (Å²) >= 11 is 5.93. The van der Waals surface area contributed by atoms with Gasteiger partial charge in [-0.1, -0.05) is 44.5 Å². The molecule has 0 heterocycles. The average molecular weight is 462 g/mol. The summed E-state index contributed by atoms with van der Waals surface area (Å²) in [5.74, 6) is -1.93. The summed E-state index contributed by atoms with van der Waals surface area (Å²) in [4.78, 5) is 46.6. The molecule has 0 aliphatic rings. The highest BCUT2D eigenvalue weighted by atomic mass is 35.5. The predicted octanol–water partition coefficient (Wildman–Crippen LogP) is 3.85. The molecule has 0 fully saturated rings. The van der Waals surface area contributed by atoms with Crippen molar-refractivity contribution in [1.29, 1.82) is 0 Å². The molecule has 0 aliphatic heterocycles. The van der Waals surface area contributed by atoms with E-state index in [1.54, 1.807) is 12.1 Å². The number of hydrogen-bond acceptors (Lipinski definition) is 6. The lowest BCUT2D eigenvalue weighted by atomic mass is 9.87. The summed E-state index contributed by atoms with van der Waals surface area (Å²) in [6.45, 7) is 7.11. The second-order valence-corrected chi connectivity index (χ2v) is 8.46. The van der Waals surface area contributed by atoms with Gasteiger partial charge in [0.15, 0.2) is 6.10 Å². The molecule has 9 nitrogen and oxygen atoms in total. The highest BCUT2D eigenvalue weighted by molar-refractivity contribution is 6.34. The number of nitro groups is 1. The van der Waals surface area contributed by atoms with Gasteiger partial charge < -0.3 is 15.4 Å². The van der Waals surface area contributed by atoms with Crippen molar-refractivity contribution in [3.8, 4) is 0 Å². The molecule has 2 aromatic carbocycles. The van der Waals surface area contributed by atoms with Crippen LogP contribution in [-0.4, -0.2) is 35.4 Å². The monoisotopic (exact) mass is 461 g/mol. The van der Waals surface area contributed by atoms with Crippen molar-refractivity contribution in [3.63, 3.8) is 0 Å². The van der Waals surface area contributed by atoms with E-state index in [0.29, 0.717) is 5.56 Å². The molecular formula is C22H24ClN3O6. The van der Waals surface area contributed by atoms with E-state index in [-0.39, 0.29) is 21.8 Å². The molecule has 0 saturated carbocycles. The van der Waals surface area contributed by atoms with Crippen molar-refractivity contribution >= 4 is 40.8 Å². The molecule has 0 radical (unpaired) electrons. The zero-order valence-corrected chi connectivity index (χ0v) is 18.9. The van der Waals surface area contributed by atoms with Crippen LogP contribution in [0.2, 0.25) is 5.02 Å². The van der Waals surface area contributed by atoms with Crippen molar-refractivity contribution in [3.05, 3.63) is 68.7 Å². The van der Waals surface area contributed by atoms with Crippen LogP contribution in [-0.2, 0) is 19.7 Å². The van der Waals surface area contributed by atoms with Gasteiger partial charge in [0.1, 0.15) is 6.54 Å². The van der Waals surface area contributed by atoms with E-state index in [1.165, 1.54) is 19.1 Å². The Hall–Kier alpha value is -3.46. The highest BCUT2D eigenvalue weighted by Crippen LogP contribution is 2.27. The Morgan fingerprint density at radius 3 is 2.28 bits per heavy atom. The Bertz CT molecular complexity index is 1030. The molecule has 170 valence electrons. The van der Waals surface area contributed by atoms with Crippen molar-refractivity contribution in [2.75, 3.05) is 11.9 Å². The van der Waals surface area contributed by atoms with Gasteiger partial charge in [-0.05, 0) is 36.1 Å². The number of carbonyl (C=O) groups excluding carboxylic acids is 3. The van der Waals surface area contributed by atoms with Gasteiger partial charge in [-0.2, -0.15) is 0 Å². The quantitative estimate of drug-likeness (QED) is 0.366. The topological polar surface area (TPSA) is 128 Å². The molecule has 0 bridgehead atoms. The lowest BCUT2D eigenvalue weighted by Gasteiger charge is -2.19. The van der Waals surface area contributed by atoms with Crippen LogP contribution in [0.3, 0.4) is 0 Å². The van der Waals surface area contributed by atoms with Crippen LogP contribution in [0, 0.1) is 10.1 Å². The van der Waals surface area contributed by atoms with Gasteiger partial charge in [0.25, 0.3) is 17.5 Å². The second kappa shape index (κ2) is 10.2. The minimum absolute atomic E-state index is 0.0316. The zero-order valence-electron chi connectivity index (χ0n) is 18.1. The van der Waals surface area contributed by atoms with E-state index in [4.69, 9.17) is 16.3 Å². The van der Waals surface area contributed by atoms with E-state index >= 15 is 0 Å². The van der Waals surface area contributed by atoms with E-state index < -0.39 is 35.4 Å². The Balaban J connectivity index is 1.86. The molecule has 1 atom stereocenters. The minimum Gasteiger partial charge on any atom is -0.451 e. The normalized spacial score (nSPS) is 11.9. The van der Waals surface area contributed by atoms with Gasteiger partial charge in [-0.15, -0.1) is 0 Å². The lowest BCUT2D eigenvalue weighted by molar-refractivity contribution is -0.384. The fourth-order valence-electron chi connectivity index (χ4n) is 2.62. The summed E-state index contributed by atoms with van der Waals surface area (Å²) in [6.07, 6.45) is -1.18. The molecular weight excluding hydrogens is 438 g/mol. The van der Waals surface area contributed by atoms with Gasteiger partial charge in [-0.3, -0.25) is 24.5 Å². The van der Waals surface area contributed by atoms with Crippen molar-refractivity contribution < 1.29 is 24.0 Å². The lowest BCUT2D eigenvalue weighted by Crippen LogP contribution is -2.35. The minimum atomic E-state index is -1.18. The number of rotatable bonds is 7. The first kappa shape index (κ1) is 24.8. The fourth-order valence-corrected chi connectivity index (χ4v) is 2.84. The predicted molar refractivity (Wildman–Crippen MR) is 120 cm³/mol. The number of non-ortho nitro benzene ring substituents is 1. The number of carbonyl (C=O) groups is 3. The molecule has 1 unspecified atom stereocenters. The molecule has 0 aliphatic carbocycles. The maximum absolute atomic E-state index is 12.2. The number of nitrogens with zero attached hydrogens (tertiary/aromatic N) is 1. The summed E-state index contributed by atoms with van der Waals surface area (Å²) in [6, 6.07) is 10.6. The van der Waals surface area contributed by atoms with Crippen LogP contribution >= 0.6 is 11.6 Å².